The molecular weight excluding hydrogens is 224 g/mol. The van der Waals surface area contributed by atoms with Gasteiger partial charge in [-0.1, -0.05) is 13.3 Å². The van der Waals surface area contributed by atoms with E-state index >= 15 is 0 Å². The van der Waals surface area contributed by atoms with E-state index in [0.717, 1.165) is 19.2 Å². The van der Waals surface area contributed by atoms with Crippen molar-refractivity contribution in [1.29, 1.82) is 0 Å². The molecule has 18 heavy (non-hydrogen) atoms. The fourth-order valence-corrected chi connectivity index (χ4v) is 3.33. The lowest BCUT2D eigenvalue weighted by Crippen LogP contribution is -2.48. The van der Waals surface area contributed by atoms with Crippen LogP contribution in [0.4, 0.5) is 0 Å². The van der Waals surface area contributed by atoms with Crippen LogP contribution in [0.1, 0.15) is 51.9 Å². The molecule has 1 saturated carbocycles. The lowest BCUT2D eigenvalue weighted by molar-refractivity contribution is -0.0558. The Labute approximate surface area is 112 Å². The van der Waals surface area contributed by atoms with Crippen LogP contribution in [0.25, 0.3) is 0 Å². The third-order valence-electron chi connectivity index (χ3n) is 4.32. The average molecular weight is 254 g/mol. The highest BCUT2D eigenvalue weighted by Gasteiger charge is 2.35. The fraction of sp³-hybridized carbons (Fsp3) is 1.00. The Bertz CT molecular complexity index is 223. The molecule has 0 aromatic heterocycles. The third-order valence-corrected chi connectivity index (χ3v) is 4.32. The number of morpholine rings is 1. The zero-order valence-electron chi connectivity index (χ0n) is 12.0. The first kappa shape index (κ1) is 14.3. The molecule has 3 heteroatoms. The lowest BCUT2D eigenvalue weighted by atomic mass is 10.1. The van der Waals surface area contributed by atoms with Crippen molar-refractivity contribution < 1.29 is 4.74 Å². The Balaban J connectivity index is 1.53. The molecule has 1 N–H and O–H groups in total. The molecule has 1 aliphatic carbocycles. The second kappa shape index (κ2) is 8.13. The third kappa shape index (κ3) is 4.22. The van der Waals surface area contributed by atoms with Crippen molar-refractivity contribution in [2.24, 2.45) is 0 Å². The van der Waals surface area contributed by atoms with Crippen LogP contribution in [-0.4, -0.2) is 49.8 Å². The van der Waals surface area contributed by atoms with Crippen LogP contribution >= 0.6 is 0 Å². The van der Waals surface area contributed by atoms with Crippen molar-refractivity contribution in [3.8, 4) is 0 Å². The van der Waals surface area contributed by atoms with Crippen LogP contribution in [0.5, 0.6) is 0 Å². The van der Waals surface area contributed by atoms with E-state index < -0.39 is 0 Å². The monoisotopic (exact) mass is 254 g/mol. The minimum absolute atomic E-state index is 0.560. The molecule has 0 aromatic carbocycles. The van der Waals surface area contributed by atoms with Crippen LogP contribution in [0.2, 0.25) is 0 Å². The van der Waals surface area contributed by atoms with Gasteiger partial charge in [-0.25, -0.2) is 0 Å². The topological polar surface area (TPSA) is 24.5 Å². The first-order chi connectivity index (χ1) is 8.92. The lowest BCUT2D eigenvalue weighted by Gasteiger charge is -2.37. The first-order valence-electron chi connectivity index (χ1n) is 7.98. The van der Waals surface area contributed by atoms with Gasteiger partial charge in [-0.15, -0.1) is 0 Å². The number of nitrogens with zero attached hydrogens (tertiary/aromatic N) is 1. The molecule has 0 bridgehead atoms. The molecule has 0 radical (unpaired) electrons. The molecule has 2 fully saturated rings. The largest absolute Gasteiger partial charge is 0.375 e. The Morgan fingerprint density at radius 1 is 1.17 bits per heavy atom. The first-order valence-corrected chi connectivity index (χ1v) is 7.98. The number of nitrogens with one attached hydrogen (secondary N) is 1. The number of hydrogen-bond donors (Lipinski definition) is 1. The summed E-state index contributed by atoms with van der Waals surface area (Å²) in [5.41, 5.74) is 0. The zero-order valence-corrected chi connectivity index (χ0v) is 12.0. The van der Waals surface area contributed by atoms with E-state index in [1.807, 2.05) is 0 Å². The maximum Gasteiger partial charge on any atom is 0.0730 e. The van der Waals surface area contributed by atoms with Crippen LogP contribution in [0, 0.1) is 0 Å². The van der Waals surface area contributed by atoms with E-state index in [9.17, 15) is 0 Å². The van der Waals surface area contributed by atoms with Crippen molar-refractivity contribution in [3.63, 3.8) is 0 Å². The van der Waals surface area contributed by atoms with Gasteiger partial charge in [0.2, 0.25) is 0 Å². The minimum atomic E-state index is 0.560. The number of unbranched alkanes of at least 4 members (excludes halogenated alkanes) is 2. The van der Waals surface area contributed by atoms with Crippen molar-refractivity contribution in [2.75, 3.05) is 32.8 Å². The highest BCUT2D eigenvalue weighted by Crippen LogP contribution is 2.29. The quantitative estimate of drug-likeness (QED) is 0.673. The van der Waals surface area contributed by atoms with Gasteiger partial charge in [-0.3, -0.25) is 4.90 Å². The van der Waals surface area contributed by atoms with E-state index in [1.54, 1.807) is 0 Å². The average Bonchev–Trinajstić information content (AvgIpc) is 2.86. The van der Waals surface area contributed by atoms with Gasteiger partial charge in [-0.05, 0) is 58.2 Å². The van der Waals surface area contributed by atoms with Crippen LogP contribution in [0.15, 0.2) is 0 Å². The fourth-order valence-electron chi connectivity index (χ4n) is 3.33. The molecule has 2 rings (SSSR count). The van der Waals surface area contributed by atoms with Crippen LogP contribution in [0.3, 0.4) is 0 Å². The highest BCUT2D eigenvalue weighted by molar-refractivity contribution is 4.89. The molecule has 0 aromatic rings. The van der Waals surface area contributed by atoms with Crippen molar-refractivity contribution in [3.05, 3.63) is 0 Å². The van der Waals surface area contributed by atoms with Gasteiger partial charge in [0, 0.05) is 12.6 Å². The zero-order chi connectivity index (χ0) is 12.6. The van der Waals surface area contributed by atoms with Gasteiger partial charge < -0.3 is 10.1 Å². The normalized spacial score (nSPS) is 28.5. The summed E-state index contributed by atoms with van der Waals surface area (Å²) < 4.78 is 5.85. The standard InChI is InChI=1S/C15H30N2O/c1-2-9-16-10-4-3-5-11-17-12-13-18-15-8-6-7-14(15)17/h14-16H,2-13H2,1H3. The predicted octanol–water partition coefficient (Wildman–Crippen LogP) is 2.41. The van der Waals surface area contributed by atoms with Crippen molar-refractivity contribution >= 4 is 0 Å². The Hall–Kier alpha value is -0.120. The molecule has 1 aliphatic heterocycles. The van der Waals surface area contributed by atoms with Crippen LogP contribution < -0.4 is 5.32 Å². The van der Waals surface area contributed by atoms with Gasteiger partial charge >= 0.3 is 0 Å². The molecular formula is C15H30N2O. The van der Waals surface area contributed by atoms with Gasteiger partial charge in [0.25, 0.3) is 0 Å². The summed E-state index contributed by atoms with van der Waals surface area (Å²) in [4.78, 5) is 2.70. The molecule has 2 unspecified atom stereocenters. The van der Waals surface area contributed by atoms with E-state index in [4.69, 9.17) is 4.74 Å². The summed E-state index contributed by atoms with van der Waals surface area (Å²) >= 11 is 0. The van der Waals surface area contributed by atoms with Gasteiger partial charge in [0.15, 0.2) is 0 Å². The molecule has 0 amide bonds. The summed E-state index contributed by atoms with van der Waals surface area (Å²) in [5, 5.41) is 3.48. The summed E-state index contributed by atoms with van der Waals surface area (Å²) in [6, 6.07) is 0.747. The number of ether oxygens (including phenoxy) is 1. The predicted molar refractivity (Wildman–Crippen MR) is 76.0 cm³/mol. The number of rotatable bonds is 8. The highest BCUT2D eigenvalue weighted by atomic mass is 16.5. The van der Waals surface area contributed by atoms with E-state index in [1.165, 1.54) is 64.6 Å². The molecule has 106 valence electrons. The molecule has 2 aliphatic rings. The summed E-state index contributed by atoms with van der Waals surface area (Å²) in [5.74, 6) is 0. The smallest absolute Gasteiger partial charge is 0.0730 e. The van der Waals surface area contributed by atoms with Gasteiger partial charge in [0.05, 0.1) is 12.7 Å². The van der Waals surface area contributed by atoms with Crippen molar-refractivity contribution in [2.45, 2.75) is 64.0 Å². The van der Waals surface area contributed by atoms with E-state index in [-0.39, 0.29) is 0 Å². The van der Waals surface area contributed by atoms with E-state index in [0.29, 0.717) is 6.10 Å². The van der Waals surface area contributed by atoms with Gasteiger partial charge in [-0.2, -0.15) is 0 Å². The van der Waals surface area contributed by atoms with Gasteiger partial charge in [0.1, 0.15) is 0 Å². The molecule has 0 spiro atoms. The van der Waals surface area contributed by atoms with E-state index in [2.05, 4.69) is 17.1 Å². The Morgan fingerprint density at radius 3 is 3.00 bits per heavy atom. The maximum absolute atomic E-state index is 5.85. The number of fused-ring (bicyclic) bond motifs is 1. The van der Waals surface area contributed by atoms with Crippen LogP contribution in [-0.2, 0) is 4.74 Å². The Kier molecular flexibility index (Phi) is 6.46. The summed E-state index contributed by atoms with van der Waals surface area (Å²) in [7, 11) is 0. The Morgan fingerprint density at radius 2 is 2.11 bits per heavy atom. The van der Waals surface area contributed by atoms with Crippen molar-refractivity contribution in [1.82, 2.24) is 10.2 Å². The molecule has 3 nitrogen and oxygen atoms in total. The molecule has 2 atom stereocenters. The maximum atomic E-state index is 5.85. The summed E-state index contributed by atoms with van der Waals surface area (Å²) in [6.07, 6.45) is 9.89. The SMILES string of the molecule is CCCNCCCCCN1CCOC2CCCC21. The number of hydrogen-bond acceptors (Lipinski definition) is 3. The molecule has 1 saturated heterocycles. The second-order valence-electron chi connectivity index (χ2n) is 5.75. The molecule has 1 heterocycles. The second-order valence-corrected chi connectivity index (χ2v) is 5.75. The summed E-state index contributed by atoms with van der Waals surface area (Å²) in [6.45, 7) is 8.01. The minimum Gasteiger partial charge on any atom is -0.375 e.